The smallest absolute Gasteiger partial charge is 0.228 e. The molecule has 0 spiro atoms. The highest BCUT2D eigenvalue weighted by Gasteiger charge is 2.39. The van der Waals surface area contributed by atoms with Crippen molar-refractivity contribution in [3.05, 3.63) is 0 Å². The van der Waals surface area contributed by atoms with Gasteiger partial charge in [0.25, 0.3) is 0 Å². The fourth-order valence-electron chi connectivity index (χ4n) is 3.39. The molecule has 1 amide bonds. The third kappa shape index (κ3) is 3.95. The van der Waals surface area contributed by atoms with Crippen LogP contribution in [0.1, 0.15) is 40.5 Å². The molecule has 1 heterocycles. The number of carbonyl (C=O) groups excluding carboxylic acids is 1. The van der Waals surface area contributed by atoms with E-state index in [-0.39, 0.29) is 23.8 Å². The average molecular weight is 285 g/mol. The predicted molar refractivity (Wildman–Crippen MR) is 80.6 cm³/mol. The average Bonchev–Trinajstić information content (AvgIpc) is 2.81. The lowest BCUT2D eigenvalue weighted by molar-refractivity contribution is -0.143. The maximum Gasteiger partial charge on any atom is 0.228 e. The maximum absolute atomic E-state index is 12.9. The molecule has 1 fully saturated rings. The molecule has 1 aliphatic heterocycles. The Morgan fingerprint density at radius 3 is 2.40 bits per heavy atom. The first kappa shape index (κ1) is 17.4. The molecule has 0 aliphatic carbocycles. The molecule has 4 atom stereocenters. The van der Waals surface area contributed by atoms with E-state index in [4.69, 9.17) is 9.47 Å². The fourth-order valence-corrected chi connectivity index (χ4v) is 3.39. The predicted octanol–water partition coefficient (Wildman–Crippen LogP) is 2.57. The second kappa shape index (κ2) is 7.99. The van der Waals surface area contributed by atoms with Crippen LogP contribution >= 0.6 is 0 Å². The topological polar surface area (TPSA) is 38.8 Å². The van der Waals surface area contributed by atoms with Crippen LogP contribution in [0.2, 0.25) is 0 Å². The van der Waals surface area contributed by atoms with Crippen LogP contribution in [0.15, 0.2) is 0 Å². The monoisotopic (exact) mass is 285 g/mol. The van der Waals surface area contributed by atoms with Gasteiger partial charge in [0.05, 0.1) is 18.6 Å². The van der Waals surface area contributed by atoms with E-state index < -0.39 is 0 Å². The first-order valence-corrected chi connectivity index (χ1v) is 7.78. The molecule has 0 aromatic rings. The Bertz CT molecular complexity index is 306. The maximum atomic E-state index is 12.9. The highest BCUT2D eigenvalue weighted by molar-refractivity contribution is 5.80. The fraction of sp³-hybridized carbons (Fsp3) is 0.938. The standard InChI is InChI=1S/C16H31NO3/c1-7-14-8-13(10-19-5)9-17(14)16(18)15(11(2)3)12(4)20-6/h11-15H,7-10H2,1-6H3/t12?,13?,14-,15?/m1/s1. The summed E-state index contributed by atoms with van der Waals surface area (Å²) in [5.74, 6) is 0.950. The van der Waals surface area contributed by atoms with Crippen molar-refractivity contribution in [3.8, 4) is 0 Å². The van der Waals surface area contributed by atoms with E-state index in [0.717, 1.165) is 26.0 Å². The number of likely N-dealkylation sites (tertiary alicyclic amines) is 1. The van der Waals surface area contributed by atoms with Crippen LogP contribution < -0.4 is 0 Å². The minimum Gasteiger partial charge on any atom is -0.384 e. The Morgan fingerprint density at radius 1 is 1.30 bits per heavy atom. The molecule has 1 aliphatic rings. The van der Waals surface area contributed by atoms with E-state index in [2.05, 4.69) is 25.7 Å². The van der Waals surface area contributed by atoms with Crippen LogP contribution in [0, 0.1) is 17.8 Å². The highest BCUT2D eigenvalue weighted by Crippen LogP contribution is 2.30. The summed E-state index contributed by atoms with van der Waals surface area (Å²) in [5, 5.41) is 0. The van der Waals surface area contributed by atoms with Gasteiger partial charge in [0.15, 0.2) is 0 Å². The molecule has 20 heavy (non-hydrogen) atoms. The molecule has 0 aromatic heterocycles. The summed E-state index contributed by atoms with van der Waals surface area (Å²) in [7, 11) is 3.41. The van der Waals surface area contributed by atoms with Crippen molar-refractivity contribution < 1.29 is 14.3 Å². The van der Waals surface area contributed by atoms with Crippen LogP contribution in [0.5, 0.6) is 0 Å². The molecule has 118 valence electrons. The van der Waals surface area contributed by atoms with Gasteiger partial charge in [-0.3, -0.25) is 4.79 Å². The van der Waals surface area contributed by atoms with Gasteiger partial charge in [0.1, 0.15) is 0 Å². The van der Waals surface area contributed by atoms with Gasteiger partial charge in [0, 0.05) is 32.7 Å². The molecule has 0 saturated carbocycles. The highest BCUT2D eigenvalue weighted by atomic mass is 16.5. The minimum atomic E-state index is -0.0599. The second-order valence-electron chi connectivity index (χ2n) is 6.32. The van der Waals surface area contributed by atoms with Crippen molar-refractivity contribution in [2.45, 2.75) is 52.7 Å². The second-order valence-corrected chi connectivity index (χ2v) is 6.32. The summed E-state index contributed by atoms with van der Waals surface area (Å²) in [6, 6.07) is 0.355. The lowest BCUT2D eigenvalue weighted by atomic mass is 9.89. The molecule has 4 heteroatoms. The molecule has 4 nitrogen and oxygen atoms in total. The summed E-state index contributed by atoms with van der Waals surface area (Å²) in [6.45, 7) is 9.91. The normalized spacial score (nSPS) is 26.1. The zero-order valence-corrected chi connectivity index (χ0v) is 13.9. The molecule has 0 N–H and O–H groups in total. The third-order valence-corrected chi connectivity index (χ3v) is 4.54. The van der Waals surface area contributed by atoms with Gasteiger partial charge in [-0.05, 0) is 25.7 Å². The van der Waals surface area contributed by atoms with Gasteiger partial charge in [-0.1, -0.05) is 20.8 Å². The first-order valence-electron chi connectivity index (χ1n) is 7.78. The molecule has 1 rings (SSSR count). The van der Waals surface area contributed by atoms with Crippen LogP contribution in [0.4, 0.5) is 0 Å². The Labute approximate surface area is 123 Å². The summed E-state index contributed by atoms with van der Waals surface area (Å²) < 4.78 is 10.7. The van der Waals surface area contributed by atoms with Gasteiger partial charge < -0.3 is 14.4 Å². The van der Waals surface area contributed by atoms with Crippen molar-refractivity contribution in [1.82, 2.24) is 4.90 Å². The van der Waals surface area contributed by atoms with Crippen LogP contribution in [-0.2, 0) is 14.3 Å². The van der Waals surface area contributed by atoms with Crippen LogP contribution in [0.25, 0.3) is 0 Å². The molecule has 0 bridgehead atoms. The van der Waals surface area contributed by atoms with Crippen molar-refractivity contribution >= 4 is 5.91 Å². The summed E-state index contributed by atoms with van der Waals surface area (Å²) in [5.41, 5.74) is 0. The largest absolute Gasteiger partial charge is 0.384 e. The molecular formula is C16H31NO3. The van der Waals surface area contributed by atoms with Crippen molar-refractivity contribution in [3.63, 3.8) is 0 Å². The van der Waals surface area contributed by atoms with Gasteiger partial charge in [0.2, 0.25) is 5.91 Å². The number of nitrogens with zero attached hydrogens (tertiary/aromatic N) is 1. The Morgan fingerprint density at radius 2 is 1.95 bits per heavy atom. The number of hydrogen-bond acceptors (Lipinski definition) is 3. The number of methoxy groups -OCH3 is 2. The Kier molecular flexibility index (Phi) is 6.96. The van der Waals surface area contributed by atoms with Gasteiger partial charge >= 0.3 is 0 Å². The Balaban J connectivity index is 2.82. The van der Waals surface area contributed by atoms with E-state index in [1.165, 1.54) is 0 Å². The summed E-state index contributed by atoms with van der Waals surface area (Å²) >= 11 is 0. The Hall–Kier alpha value is -0.610. The number of rotatable bonds is 7. The van der Waals surface area contributed by atoms with E-state index in [0.29, 0.717) is 12.0 Å². The van der Waals surface area contributed by atoms with E-state index in [9.17, 15) is 4.79 Å². The number of ether oxygens (including phenoxy) is 2. The van der Waals surface area contributed by atoms with Crippen LogP contribution in [0.3, 0.4) is 0 Å². The van der Waals surface area contributed by atoms with Crippen molar-refractivity contribution in [2.75, 3.05) is 27.4 Å². The molecular weight excluding hydrogens is 254 g/mol. The number of carbonyl (C=O) groups is 1. The lowest BCUT2D eigenvalue weighted by Gasteiger charge is -2.32. The van der Waals surface area contributed by atoms with Gasteiger partial charge in [-0.15, -0.1) is 0 Å². The van der Waals surface area contributed by atoms with Gasteiger partial charge in [-0.25, -0.2) is 0 Å². The molecule has 1 saturated heterocycles. The SMILES string of the molecule is CC[C@@H]1CC(COC)CN1C(=O)C(C(C)C)C(C)OC. The van der Waals surface area contributed by atoms with E-state index in [1.807, 2.05) is 6.92 Å². The molecule has 0 aromatic carbocycles. The summed E-state index contributed by atoms with van der Waals surface area (Å²) in [6.07, 6.45) is 2.03. The van der Waals surface area contributed by atoms with Gasteiger partial charge in [-0.2, -0.15) is 0 Å². The van der Waals surface area contributed by atoms with Crippen molar-refractivity contribution in [2.24, 2.45) is 17.8 Å². The number of hydrogen-bond donors (Lipinski definition) is 0. The van der Waals surface area contributed by atoms with Crippen LogP contribution in [-0.4, -0.2) is 50.3 Å². The zero-order chi connectivity index (χ0) is 15.3. The van der Waals surface area contributed by atoms with E-state index >= 15 is 0 Å². The molecule has 3 unspecified atom stereocenters. The zero-order valence-electron chi connectivity index (χ0n) is 13.9. The van der Waals surface area contributed by atoms with Crippen molar-refractivity contribution in [1.29, 1.82) is 0 Å². The number of amides is 1. The minimum absolute atomic E-state index is 0.0403. The van der Waals surface area contributed by atoms with E-state index in [1.54, 1.807) is 14.2 Å². The lowest BCUT2D eigenvalue weighted by Crippen LogP contribution is -2.45. The quantitative estimate of drug-likeness (QED) is 0.721. The molecule has 0 radical (unpaired) electrons. The first-order chi connectivity index (χ1) is 9.46. The summed E-state index contributed by atoms with van der Waals surface area (Å²) in [4.78, 5) is 15.0. The third-order valence-electron chi connectivity index (χ3n) is 4.54.